The van der Waals surface area contributed by atoms with Gasteiger partial charge < -0.3 is 10.8 Å². The van der Waals surface area contributed by atoms with E-state index in [4.69, 9.17) is 22.4 Å². The van der Waals surface area contributed by atoms with E-state index in [9.17, 15) is 9.59 Å². The molecule has 0 aliphatic carbocycles. The largest absolute Gasteiger partial charge is 0.481 e. The zero-order valence-corrected chi connectivity index (χ0v) is 12.1. The van der Waals surface area contributed by atoms with Crippen LogP contribution in [0.3, 0.4) is 0 Å². The summed E-state index contributed by atoms with van der Waals surface area (Å²) in [7, 11) is 0. The molecule has 0 bridgehead atoms. The number of rotatable bonds is 4. The number of carbonyl (C=O) groups is 2. The van der Waals surface area contributed by atoms with Crippen LogP contribution in [-0.4, -0.2) is 16.9 Å². The standard InChI is InChI=1S/C16H14ClNO3/c1-9-2-3-11(8-13(19)20)15(18)14(9)16(21)10-4-6-12(17)7-5-10/h2-7H,8,18H2,1H3,(H,19,20). The third-order valence-electron chi connectivity index (χ3n) is 3.22. The molecule has 2 rings (SSSR count). The van der Waals surface area contributed by atoms with E-state index in [1.54, 1.807) is 43.3 Å². The van der Waals surface area contributed by atoms with Crippen LogP contribution in [0.2, 0.25) is 5.02 Å². The van der Waals surface area contributed by atoms with E-state index in [2.05, 4.69) is 0 Å². The molecule has 4 nitrogen and oxygen atoms in total. The van der Waals surface area contributed by atoms with Crippen molar-refractivity contribution < 1.29 is 14.7 Å². The van der Waals surface area contributed by atoms with Crippen LogP contribution >= 0.6 is 11.6 Å². The summed E-state index contributed by atoms with van der Waals surface area (Å²) in [5.41, 5.74) is 8.16. The van der Waals surface area contributed by atoms with Gasteiger partial charge in [0, 0.05) is 21.8 Å². The molecule has 2 aromatic rings. The van der Waals surface area contributed by atoms with Crippen molar-refractivity contribution in [3.63, 3.8) is 0 Å². The number of carbonyl (C=O) groups excluding carboxylic acids is 1. The number of ketones is 1. The van der Waals surface area contributed by atoms with Crippen LogP contribution in [0.5, 0.6) is 0 Å². The number of carboxylic acids is 1. The number of halogens is 1. The second-order valence-electron chi connectivity index (χ2n) is 4.74. The number of aryl methyl sites for hydroxylation is 1. The van der Waals surface area contributed by atoms with Gasteiger partial charge in [0.15, 0.2) is 5.78 Å². The predicted octanol–water partition coefficient (Wildman–Crippen LogP) is 3.09. The number of benzene rings is 2. The summed E-state index contributed by atoms with van der Waals surface area (Å²) in [6.07, 6.45) is -0.215. The lowest BCUT2D eigenvalue weighted by molar-refractivity contribution is -0.136. The zero-order chi connectivity index (χ0) is 15.6. The van der Waals surface area contributed by atoms with Gasteiger partial charge >= 0.3 is 5.97 Å². The SMILES string of the molecule is Cc1ccc(CC(=O)O)c(N)c1C(=O)c1ccc(Cl)cc1. The first-order chi connectivity index (χ1) is 9.90. The van der Waals surface area contributed by atoms with E-state index in [1.165, 1.54) is 0 Å². The molecule has 108 valence electrons. The second-order valence-corrected chi connectivity index (χ2v) is 5.17. The number of aliphatic carboxylic acids is 1. The Kier molecular flexibility index (Phi) is 4.29. The molecule has 0 heterocycles. The van der Waals surface area contributed by atoms with Gasteiger partial charge in [0.2, 0.25) is 0 Å². The Morgan fingerprint density at radius 1 is 1.14 bits per heavy atom. The summed E-state index contributed by atoms with van der Waals surface area (Å²) in [5, 5.41) is 9.42. The first-order valence-corrected chi connectivity index (χ1v) is 6.68. The van der Waals surface area contributed by atoms with Gasteiger partial charge in [-0.25, -0.2) is 0 Å². The van der Waals surface area contributed by atoms with E-state index in [1.807, 2.05) is 0 Å². The molecule has 5 heteroatoms. The second kappa shape index (κ2) is 5.97. The van der Waals surface area contributed by atoms with Gasteiger partial charge in [0.05, 0.1) is 6.42 Å². The Balaban J connectivity index is 2.49. The maximum Gasteiger partial charge on any atom is 0.307 e. The van der Waals surface area contributed by atoms with Crippen LogP contribution in [0.15, 0.2) is 36.4 Å². The molecule has 0 spiro atoms. The molecule has 21 heavy (non-hydrogen) atoms. The Hall–Kier alpha value is -2.33. The predicted molar refractivity (Wildman–Crippen MR) is 81.8 cm³/mol. The Morgan fingerprint density at radius 2 is 1.76 bits per heavy atom. The molecule has 3 N–H and O–H groups in total. The fourth-order valence-corrected chi connectivity index (χ4v) is 2.26. The van der Waals surface area contributed by atoms with Crippen molar-refractivity contribution in [2.24, 2.45) is 0 Å². The zero-order valence-electron chi connectivity index (χ0n) is 11.4. The summed E-state index contributed by atoms with van der Waals surface area (Å²) in [6.45, 7) is 1.77. The average Bonchev–Trinajstić information content (AvgIpc) is 2.42. The number of anilines is 1. The minimum absolute atomic E-state index is 0.215. The molecule has 0 unspecified atom stereocenters. The van der Waals surface area contributed by atoms with Gasteiger partial charge in [-0.05, 0) is 42.3 Å². The van der Waals surface area contributed by atoms with Crippen molar-refractivity contribution in [2.45, 2.75) is 13.3 Å². The molecule has 0 amide bonds. The van der Waals surface area contributed by atoms with Crippen LogP contribution in [0.25, 0.3) is 0 Å². The first kappa shape index (κ1) is 15.1. The smallest absolute Gasteiger partial charge is 0.307 e. The lowest BCUT2D eigenvalue weighted by atomic mass is 9.94. The quantitative estimate of drug-likeness (QED) is 0.672. The van der Waals surface area contributed by atoms with Crippen molar-refractivity contribution >= 4 is 29.0 Å². The van der Waals surface area contributed by atoms with Gasteiger partial charge in [-0.2, -0.15) is 0 Å². The van der Waals surface area contributed by atoms with E-state index in [0.717, 1.165) is 0 Å². The molecule has 0 aliphatic heterocycles. The van der Waals surface area contributed by atoms with Crippen molar-refractivity contribution in [2.75, 3.05) is 5.73 Å². The Bertz CT molecular complexity index is 708. The molecule has 0 aliphatic rings. The van der Waals surface area contributed by atoms with E-state index in [-0.39, 0.29) is 17.9 Å². The monoisotopic (exact) mass is 303 g/mol. The Labute approximate surface area is 127 Å². The van der Waals surface area contributed by atoms with Gasteiger partial charge in [-0.1, -0.05) is 23.7 Å². The number of hydrogen-bond acceptors (Lipinski definition) is 3. The summed E-state index contributed by atoms with van der Waals surface area (Å²) in [6, 6.07) is 9.83. The number of nitrogen functional groups attached to an aromatic ring is 1. The van der Waals surface area contributed by atoms with Crippen LogP contribution in [-0.2, 0) is 11.2 Å². The normalized spacial score (nSPS) is 10.4. The number of carboxylic acid groups (broad SMARTS) is 1. The van der Waals surface area contributed by atoms with E-state index in [0.29, 0.717) is 27.3 Å². The third kappa shape index (κ3) is 3.23. The molecule has 0 saturated heterocycles. The van der Waals surface area contributed by atoms with E-state index >= 15 is 0 Å². The molecule has 0 radical (unpaired) electrons. The highest BCUT2D eigenvalue weighted by molar-refractivity contribution is 6.30. The molecular weight excluding hydrogens is 290 g/mol. The van der Waals surface area contributed by atoms with Crippen molar-refractivity contribution in [1.29, 1.82) is 0 Å². The highest BCUT2D eigenvalue weighted by Gasteiger charge is 2.18. The maximum absolute atomic E-state index is 12.6. The lowest BCUT2D eigenvalue weighted by Gasteiger charge is -2.12. The fraction of sp³-hybridized carbons (Fsp3) is 0.125. The topological polar surface area (TPSA) is 80.4 Å². The van der Waals surface area contributed by atoms with Gasteiger partial charge in [-0.3, -0.25) is 9.59 Å². The summed E-state index contributed by atoms with van der Waals surface area (Å²) < 4.78 is 0. The van der Waals surface area contributed by atoms with Crippen LogP contribution in [0.1, 0.15) is 27.0 Å². The highest BCUT2D eigenvalue weighted by atomic mass is 35.5. The van der Waals surface area contributed by atoms with Crippen LogP contribution in [0.4, 0.5) is 5.69 Å². The molecule has 0 atom stereocenters. The molecule has 0 fully saturated rings. The van der Waals surface area contributed by atoms with Crippen molar-refractivity contribution in [1.82, 2.24) is 0 Å². The molecule has 2 aromatic carbocycles. The minimum Gasteiger partial charge on any atom is -0.481 e. The molecular formula is C16H14ClNO3. The number of hydrogen-bond donors (Lipinski definition) is 2. The maximum atomic E-state index is 12.6. The number of nitrogens with two attached hydrogens (primary N) is 1. The molecule has 0 aromatic heterocycles. The third-order valence-corrected chi connectivity index (χ3v) is 3.47. The highest BCUT2D eigenvalue weighted by Crippen LogP contribution is 2.25. The summed E-state index contributed by atoms with van der Waals surface area (Å²) >= 11 is 5.81. The minimum atomic E-state index is -0.990. The van der Waals surface area contributed by atoms with Gasteiger partial charge in [0.25, 0.3) is 0 Å². The van der Waals surface area contributed by atoms with Crippen LogP contribution in [0, 0.1) is 6.92 Å². The van der Waals surface area contributed by atoms with Crippen LogP contribution < -0.4 is 5.73 Å². The Morgan fingerprint density at radius 3 is 2.33 bits per heavy atom. The molecule has 0 saturated carbocycles. The summed E-state index contributed by atoms with van der Waals surface area (Å²) in [4.78, 5) is 23.4. The lowest BCUT2D eigenvalue weighted by Crippen LogP contribution is -2.12. The van der Waals surface area contributed by atoms with Crippen molar-refractivity contribution in [3.8, 4) is 0 Å². The van der Waals surface area contributed by atoms with Gasteiger partial charge in [0.1, 0.15) is 0 Å². The van der Waals surface area contributed by atoms with Gasteiger partial charge in [-0.15, -0.1) is 0 Å². The summed E-state index contributed by atoms with van der Waals surface area (Å²) in [5.74, 6) is -1.23. The fourth-order valence-electron chi connectivity index (χ4n) is 2.14. The van der Waals surface area contributed by atoms with E-state index < -0.39 is 5.97 Å². The first-order valence-electron chi connectivity index (χ1n) is 6.30. The van der Waals surface area contributed by atoms with Crippen molar-refractivity contribution in [3.05, 3.63) is 63.7 Å². The average molecular weight is 304 g/mol.